The van der Waals surface area contributed by atoms with Gasteiger partial charge in [-0.25, -0.2) is 4.79 Å². The van der Waals surface area contributed by atoms with Gasteiger partial charge in [0.15, 0.2) is 0 Å². The summed E-state index contributed by atoms with van der Waals surface area (Å²) in [7, 11) is -4.95. The van der Waals surface area contributed by atoms with Crippen LogP contribution in [0.3, 0.4) is 0 Å². The molecule has 230 valence electrons. The molecule has 1 saturated carbocycles. The van der Waals surface area contributed by atoms with E-state index in [1.807, 2.05) is 18.7 Å². The topological polar surface area (TPSA) is 191 Å². The summed E-state index contributed by atoms with van der Waals surface area (Å²) in [5.41, 5.74) is -2.36. The zero-order valence-electron chi connectivity index (χ0n) is 23.5. The number of aliphatic hydroxyl groups excluding tert-OH is 1. The second kappa shape index (κ2) is 13.1. The predicted octanol–water partition coefficient (Wildman–Crippen LogP) is 0.405. The van der Waals surface area contributed by atoms with Crippen molar-refractivity contribution in [3.63, 3.8) is 0 Å². The Kier molecular flexibility index (Phi) is 9.96. The van der Waals surface area contributed by atoms with Crippen molar-refractivity contribution in [1.82, 2.24) is 20.9 Å². The number of carbonyl (C=O) groups is 4. The van der Waals surface area contributed by atoms with Crippen LogP contribution in [-0.2, 0) is 29.2 Å². The molecule has 14 heteroatoms. The molecule has 13 nitrogen and oxygen atoms in total. The minimum absolute atomic E-state index is 0.00159. The minimum atomic E-state index is -4.95. The highest BCUT2D eigenvalue weighted by molar-refractivity contribution is 7.86. The molecule has 0 aromatic carbocycles. The van der Waals surface area contributed by atoms with Gasteiger partial charge in [0.1, 0.15) is 6.04 Å². The first-order valence-electron chi connectivity index (χ1n) is 14.4. The first-order valence-corrected chi connectivity index (χ1v) is 15.9. The average Bonchev–Trinajstić information content (AvgIpc) is 3.67. The maximum Gasteiger partial charge on any atom is 0.407 e. The predicted molar refractivity (Wildman–Crippen MR) is 146 cm³/mol. The van der Waals surface area contributed by atoms with Crippen molar-refractivity contribution in [2.45, 2.75) is 69.9 Å². The van der Waals surface area contributed by atoms with Crippen molar-refractivity contribution in [2.75, 3.05) is 26.2 Å². The SMILES string of the molecule is CC(C)C[C@H](NC(=O)OCC1CC(=O)N(CC2CC3C=CC2C3)C1)C(=O)N[C@@H](C[C@@H]1CCNC1=O)C(O)S(=O)(=O)O. The van der Waals surface area contributed by atoms with Crippen LogP contribution in [0.5, 0.6) is 0 Å². The third-order valence-electron chi connectivity index (χ3n) is 8.61. The molecule has 0 aromatic rings. The van der Waals surface area contributed by atoms with E-state index in [9.17, 15) is 37.3 Å². The number of ether oxygens (including phenoxy) is 1. The molecule has 2 bridgehead atoms. The molecule has 0 aromatic heterocycles. The summed E-state index contributed by atoms with van der Waals surface area (Å²) in [4.78, 5) is 52.3. The van der Waals surface area contributed by atoms with E-state index >= 15 is 0 Å². The minimum Gasteiger partial charge on any atom is -0.449 e. The van der Waals surface area contributed by atoms with Crippen LogP contribution < -0.4 is 16.0 Å². The van der Waals surface area contributed by atoms with Crippen LogP contribution >= 0.6 is 0 Å². The van der Waals surface area contributed by atoms with Gasteiger partial charge < -0.3 is 30.7 Å². The largest absolute Gasteiger partial charge is 0.449 e. The highest BCUT2D eigenvalue weighted by atomic mass is 32.2. The molecule has 2 heterocycles. The Morgan fingerprint density at radius 1 is 1.20 bits per heavy atom. The highest BCUT2D eigenvalue weighted by Gasteiger charge is 2.40. The van der Waals surface area contributed by atoms with Crippen molar-refractivity contribution in [3.05, 3.63) is 12.2 Å². The van der Waals surface area contributed by atoms with Crippen LogP contribution in [0.1, 0.15) is 52.4 Å². The Morgan fingerprint density at radius 2 is 1.95 bits per heavy atom. The molecule has 4 rings (SSSR count). The van der Waals surface area contributed by atoms with Gasteiger partial charge in [-0.3, -0.25) is 18.9 Å². The van der Waals surface area contributed by atoms with E-state index in [0.717, 1.165) is 12.8 Å². The van der Waals surface area contributed by atoms with Crippen LogP contribution in [0.25, 0.3) is 0 Å². The molecule has 3 fully saturated rings. The molecule has 2 saturated heterocycles. The second-order valence-corrected chi connectivity index (χ2v) is 13.9. The lowest BCUT2D eigenvalue weighted by molar-refractivity contribution is -0.128. The van der Waals surface area contributed by atoms with Crippen LogP contribution in [0.4, 0.5) is 4.79 Å². The fourth-order valence-electron chi connectivity index (χ4n) is 6.52. The smallest absolute Gasteiger partial charge is 0.407 e. The van der Waals surface area contributed by atoms with Gasteiger partial charge in [0.05, 0.1) is 12.6 Å². The number of amides is 4. The summed E-state index contributed by atoms with van der Waals surface area (Å²) in [5, 5.41) is 17.7. The molecule has 0 spiro atoms. The number of hydrogen-bond acceptors (Lipinski definition) is 8. The van der Waals surface area contributed by atoms with Gasteiger partial charge in [0, 0.05) is 37.9 Å². The Labute approximate surface area is 240 Å². The summed E-state index contributed by atoms with van der Waals surface area (Å²) < 4.78 is 38.1. The molecule has 8 atom stereocenters. The lowest BCUT2D eigenvalue weighted by atomic mass is 9.93. The van der Waals surface area contributed by atoms with Gasteiger partial charge in [-0.1, -0.05) is 26.0 Å². The summed E-state index contributed by atoms with van der Waals surface area (Å²) >= 11 is 0. The normalized spacial score (nSPS) is 29.5. The average molecular weight is 599 g/mol. The number of nitrogens with zero attached hydrogens (tertiary/aromatic N) is 1. The molecule has 41 heavy (non-hydrogen) atoms. The molecule has 5 unspecified atom stereocenters. The number of fused-ring (bicyclic) bond motifs is 2. The highest BCUT2D eigenvalue weighted by Crippen LogP contribution is 2.44. The van der Waals surface area contributed by atoms with Gasteiger partial charge in [0.2, 0.25) is 23.2 Å². The summed E-state index contributed by atoms with van der Waals surface area (Å²) in [6.07, 6.45) is 6.53. The Morgan fingerprint density at radius 3 is 2.54 bits per heavy atom. The number of carbonyl (C=O) groups excluding carboxylic acids is 4. The number of aliphatic hydroxyl groups is 1. The quantitative estimate of drug-likeness (QED) is 0.148. The third-order valence-corrected chi connectivity index (χ3v) is 9.55. The second-order valence-electron chi connectivity index (χ2n) is 12.4. The maximum absolute atomic E-state index is 13.2. The number of hydrogen-bond donors (Lipinski definition) is 5. The Hall–Kier alpha value is -2.71. The monoisotopic (exact) mass is 598 g/mol. The van der Waals surface area contributed by atoms with E-state index in [2.05, 4.69) is 28.1 Å². The van der Waals surface area contributed by atoms with Crippen LogP contribution in [0.15, 0.2) is 12.2 Å². The fourth-order valence-corrected chi connectivity index (χ4v) is 7.12. The molecule has 2 aliphatic carbocycles. The summed E-state index contributed by atoms with van der Waals surface area (Å²) in [5.74, 6) is -0.341. The van der Waals surface area contributed by atoms with Gasteiger partial charge >= 0.3 is 6.09 Å². The lowest BCUT2D eigenvalue weighted by Crippen LogP contribution is -2.55. The van der Waals surface area contributed by atoms with Gasteiger partial charge in [-0.15, -0.1) is 0 Å². The number of rotatable bonds is 13. The third kappa shape index (κ3) is 8.19. The molecule has 4 aliphatic rings. The Balaban J connectivity index is 1.30. The standard InChI is InChI=1S/C27H42N4O9S/c1-15(2)7-21(25(34)29-22(26(35)41(37,38)39)11-19-5-6-28-24(19)33)30-27(36)40-14-17-10-23(32)31(12-17)13-20-9-16-3-4-18(20)8-16/h3-4,15-22,26,35H,5-14H2,1-2H3,(H,28,33)(H,29,34)(H,30,36)(H,37,38,39)/t16?,17?,18?,19-,20?,21-,22-,26?/m0/s1. The van der Waals surface area contributed by atoms with Crippen molar-refractivity contribution >= 4 is 33.9 Å². The van der Waals surface area contributed by atoms with Gasteiger partial charge in [-0.2, -0.15) is 8.42 Å². The fraction of sp³-hybridized carbons (Fsp3) is 0.778. The number of nitrogens with one attached hydrogen (secondary N) is 3. The van der Waals surface area contributed by atoms with Gasteiger partial charge in [0.25, 0.3) is 10.1 Å². The van der Waals surface area contributed by atoms with Crippen LogP contribution in [0, 0.1) is 35.5 Å². The summed E-state index contributed by atoms with van der Waals surface area (Å²) in [6.45, 7) is 5.24. The van der Waals surface area contributed by atoms with E-state index in [1.54, 1.807) is 0 Å². The summed E-state index contributed by atoms with van der Waals surface area (Å²) in [6, 6.07) is -2.62. The zero-order valence-corrected chi connectivity index (χ0v) is 24.3. The molecular formula is C27H42N4O9S. The van der Waals surface area contributed by atoms with Gasteiger partial charge in [-0.05, 0) is 55.8 Å². The van der Waals surface area contributed by atoms with Crippen LogP contribution in [-0.4, -0.2) is 90.6 Å². The zero-order chi connectivity index (χ0) is 29.9. The van der Waals surface area contributed by atoms with E-state index in [0.29, 0.717) is 43.8 Å². The maximum atomic E-state index is 13.2. The van der Waals surface area contributed by atoms with Crippen molar-refractivity contribution in [1.29, 1.82) is 0 Å². The molecule has 2 aliphatic heterocycles. The molecule has 0 radical (unpaired) electrons. The van der Waals surface area contributed by atoms with Crippen LogP contribution in [0.2, 0.25) is 0 Å². The van der Waals surface area contributed by atoms with Crippen molar-refractivity contribution < 1.29 is 42.0 Å². The number of allylic oxidation sites excluding steroid dienone is 2. The first-order chi connectivity index (χ1) is 19.3. The Bertz CT molecular complexity index is 1140. The molecule has 5 N–H and O–H groups in total. The number of alkyl carbamates (subject to hydrolysis) is 1. The van der Waals surface area contributed by atoms with E-state index in [1.165, 1.54) is 0 Å². The van der Waals surface area contributed by atoms with Crippen molar-refractivity contribution in [3.8, 4) is 0 Å². The van der Waals surface area contributed by atoms with E-state index in [4.69, 9.17) is 4.74 Å². The lowest BCUT2D eigenvalue weighted by Gasteiger charge is -2.27. The van der Waals surface area contributed by atoms with E-state index in [-0.39, 0.29) is 49.5 Å². The molecular weight excluding hydrogens is 556 g/mol. The number of likely N-dealkylation sites (tertiary alicyclic amines) is 1. The first kappa shape index (κ1) is 31.2. The van der Waals surface area contributed by atoms with Crippen molar-refractivity contribution in [2.24, 2.45) is 35.5 Å². The molecule has 4 amide bonds. The van der Waals surface area contributed by atoms with E-state index < -0.39 is 45.6 Å².